The van der Waals surface area contributed by atoms with E-state index in [-0.39, 0.29) is 6.61 Å². The van der Waals surface area contributed by atoms with Gasteiger partial charge in [0.2, 0.25) is 0 Å². The molecule has 0 saturated heterocycles. The van der Waals surface area contributed by atoms with Crippen LogP contribution in [0, 0.1) is 6.92 Å². The normalized spacial score (nSPS) is 10.6. The molecule has 0 aliphatic carbocycles. The van der Waals surface area contributed by atoms with Crippen LogP contribution in [0.25, 0.3) is 10.2 Å². The topological polar surface area (TPSA) is 48.4 Å². The lowest BCUT2D eigenvalue weighted by Crippen LogP contribution is -2.07. The lowest BCUT2D eigenvalue weighted by atomic mass is 10.1. The smallest absolute Gasteiger partial charge is 0.342 e. The second kappa shape index (κ2) is 6.15. The number of para-hydroxylation sites is 1. The molecule has 1 heterocycles. The molecule has 0 unspecified atom stereocenters. The fourth-order valence-corrected chi connectivity index (χ4v) is 3.05. The maximum absolute atomic E-state index is 12.2. The number of hydrogen-bond acceptors (Lipinski definition) is 5. The van der Waals surface area contributed by atoms with Crippen LogP contribution < -0.4 is 4.74 Å². The van der Waals surface area contributed by atoms with Gasteiger partial charge in [0.15, 0.2) is 0 Å². The molecular weight excluding hydrogens is 298 g/mol. The van der Waals surface area contributed by atoms with Crippen molar-refractivity contribution in [3.8, 4) is 5.75 Å². The average molecular weight is 313 g/mol. The van der Waals surface area contributed by atoms with Crippen molar-refractivity contribution in [3.05, 3.63) is 58.6 Å². The molecule has 0 radical (unpaired) electrons. The Kier molecular flexibility index (Phi) is 4.06. The zero-order valence-corrected chi connectivity index (χ0v) is 13.1. The highest BCUT2D eigenvalue weighted by molar-refractivity contribution is 7.18. The van der Waals surface area contributed by atoms with Crippen molar-refractivity contribution in [2.24, 2.45) is 0 Å². The van der Waals surface area contributed by atoms with Gasteiger partial charge < -0.3 is 9.47 Å². The van der Waals surface area contributed by atoms with E-state index in [1.807, 2.05) is 37.3 Å². The van der Waals surface area contributed by atoms with E-state index in [4.69, 9.17) is 9.47 Å². The van der Waals surface area contributed by atoms with Gasteiger partial charge in [0.1, 0.15) is 22.9 Å². The minimum Gasteiger partial charge on any atom is -0.496 e. The summed E-state index contributed by atoms with van der Waals surface area (Å²) >= 11 is 1.53. The molecule has 5 heteroatoms. The van der Waals surface area contributed by atoms with E-state index in [0.29, 0.717) is 11.3 Å². The molecule has 2 aromatic carbocycles. The number of hydrogen-bond donors (Lipinski definition) is 0. The minimum absolute atomic E-state index is 0.162. The van der Waals surface area contributed by atoms with Gasteiger partial charge in [-0.05, 0) is 31.2 Å². The number of aromatic nitrogens is 1. The van der Waals surface area contributed by atoms with Gasteiger partial charge in [0.25, 0.3) is 0 Å². The summed E-state index contributed by atoms with van der Waals surface area (Å²) in [6.07, 6.45) is 0. The second-order valence-electron chi connectivity index (χ2n) is 4.86. The Balaban J connectivity index is 1.76. The molecule has 112 valence electrons. The van der Waals surface area contributed by atoms with Gasteiger partial charge in [-0.3, -0.25) is 0 Å². The first-order valence-corrected chi connectivity index (χ1v) is 7.65. The maximum Gasteiger partial charge on any atom is 0.342 e. The molecular formula is C17H15NO3S. The largest absolute Gasteiger partial charge is 0.496 e. The predicted molar refractivity (Wildman–Crippen MR) is 86.5 cm³/mol. The third kappa shape index (κ3) is 2.94. The summed E-state index contributed by atoms with van der Waals surface area (Å²) in [6, 6.07) is 13.3. The Bertz CT molecular complexity index is 793. The number of rotatable bonds is 4. The number of nitrogens with zero attached hydrogens (tertiary/aromatic N) is 1. The van der Waals surface area contributed by atoms with Crippen molar-refractivity contribution in [2.45, 2.75) is 13.5 Å². The highest BCUT2D eigenvalue weighted by atomic mass is 32.1. The van der Waals surface area contributed by atoms with Crippen molar-refractivity contribution in [1.82, 2.24) is 4.98 Å². The SMILES string of the molecule is COc1ccc(C)cc1C(=O)OCc1nc2ccccc2s1. The van der Waals surface area contributed by atoms with Crippen molar-refractivity contribution in [3.63, 3.8) is 0 Å². The van der Waals surface area contributed by atoms with Crippen LogP contribution >= 0.6 is 11.3 Å². The molecule has 0 N–H and O–H groups in total. The summed E-state index contributed by atoms with van der Waals surface area (Å²) in [7, 11) is 1.54. The zero-order valence-electron chi connectivity index (χ0n) is 12.3. The standard InChI is InChI=1S/C17H15NO3S/c1-11-7-8-14(20-2)12(9-11)17(19)21-10-16-18-13-5-3-4-6-15(13)22-16/h3-9H,10H2,1-2H3. The van der Waals surface area contributed by atoms with Gasteiger partial charge in [0.05, 0.1) is 17.3 Å². The number of methoxy groups -OCH3 is 1. The first-order valence-electron chi connectivity index (χ1n) is 6.83. The first-order chi connectivity index (χ1) is 10.7. The number of carbonyl (C=O) groups excluding carboxylic acids is 1. The highest BCUT2D eigenvalue weighted by Crippen LogP contribution is 2.24. The monoisotopic (exact) mass is 313 g/mol. The Labute approximate surface area is 132 Å². The molecule has 0 fully saturated rings. The quantitative estimate of drug-likeness (QED) is 0.684. The number of carbonyl (C=O) groups is 1. The molecule has 0 aliphatic rings. The summed E-state index contributed by atoms with van der Waals surface area (Å²) in [4.78, 5) is 16.7. The van der Waals surface area contributed by atoms with Crippen molar-refractivity contribution >= 4 is 27.5 Å². The van der Waals surface area contributed by atoms with E-state index in [0.717, 1.165) is 20.8 Å². The minimum atomic E-state index is -0.403. The number of thiazole rings is 1. The van der Waals surface area contributed by atoms with E-state index in [1.54, 1.807) is 12.1 Å². The molecule has 0 aliphatic heterocycles. The molecule has 0 amide bonds. The average Bonchev–Trinajstić information content (AvgIpc) is 2.95. The van der Waals surface area contributed by atoms with E-state index >= 15 is 0 Å². The molecule has 0 atom stereocenters. The van der Waals surface area contributed by atoms with Gasteiger partial charge in [-0.1, -0.05) is 23.8 Å². The maximum atomic E-state index is 12.2. The van der Waals surface area contributed by atoms with E-state index in [2.05, 4.69) is 4.98 Å². The van der Waals surface area contributed by atoms with Crippen LogP contribution in [-0.2, 0) is 11.3 Å². The Morgan fingerprint density at radius 3 is 2.82 bits per heavy atom. The predicted octanol–water partition coefficient (Wildman–Crippen LogP) is 3.97. The fraction of sp³-hybridized carbons (Fsp3) is 0.176. The second-order valence-corrected chi connectivity index (χ2v) is 5.97. The number of aryl methyl sites for hydroxylation is 1. The van der Waals surface area contributed by atoms with E-state index in [9.17, 15) is 4.79 Å². The number of benzene rings is 2. The Morgan fingerprint density at radius 2 is 2.05 bits per heavy atom. The van der Waals surface area contributed by atoms with E-state index in [1.165, 1.54) is 18.4 Å². The number of esters is 1. The van der Waals surface area contributed by atoms with Crippen LogP contribution in [0.5, 0.6) is 5.75 Å². The third-order valence-corrected chi connectivity index (χ3v) is 4.25. The van der Waals surface area contributed by atoms with Gasteiger partial charge in [-0.2, -0.15) is 0 Å². The summed E-state index contributed by atoms with van der Waals surface area (Å²) in [5.74, 6) is 0.111. The molecule has 1 aromatic heterocycles. The van der Waals surface area contributed by atoms with Crippen molar-refractivity contribution < 1.29 is 14.3 Å². The number of fused-ring (bicyclic) bond motifs is 1. The summed E-state index contributed by atoms with van der Waals surface area (Å²) in [5.41, 5.74) is 2.34. The fourth-order valence-electron chi connectivity index (χ4n) is 2.17. The zero-order chi connectivity index (χ0) is 15.5. The molecule has 22 heavy (non-hydrogen) atoms. The van der Waals surface area contributed by atoms with Crippen LogP contribution in [0.2, 0.25) is 0 Å². The molecule has 4 nitrogen and oxygen atoms in total. The number of ether oxygens (including phenoxy) is 2. The van der Waals surface area contributed by atoms with Gasteiger partial charge in [0, 0.05) is 0 Å². The van der Waals surface area contributed by atoms with Crippen molar-refractivity contribution in [1.29, 1.82) is 0 Å². The summed E-state index contributed by atoms with van der Waals surface area (Å²) < 4.78 is 11.7. The van der Waals surface area contributed by atoms with Crippen LogP contribution in [0.15, 0.2) is 42.5 Å². The first kappa shape index (κ1) is 14.5. The van der Waals surface area contributed by atoms with Gasteiger partial charge >= 0.3 is 5.97 Å². The van der Waals surface area contributed by atoms with E-state index < -0.39 is 5.97 Å². The van der Waals surface area contributed by atoms with Crippen LogP contribution in [-0.4, -0.2) is 18.1 Å². The molecule has 3 aromatic rings. The van der Waals surface area contributed by atoms with Crippen LogP contribution in [0.1, 0.15) is 20.9 Å². The van der Waals surface area contributed by atoms with Crippen molar-refractivity contribution in [2.75, 3.05) is 7.11 Å². The Morgan fingerprint density at radius 1 is 1.23 bits per heavy atom. The summed E-state index contributed by atoms with van der Waals surface area (Å²) in [5, 5.41) is 0.779. The highest BCUT2D eigenvalue weighted by Gasteiger charge is 2.15. The lowest BCUT2D eigenvalue weighted by molar-refractivity contribution is 0.0469. The summed E-state index contributed by atoms with van der Waals surface area (Å²) in [6.45, 7) is 2.08. The van der Waals surface area contributed by atoms with Gasteiger partial charge in [-0.15, -0.1) is 11.3 Å². The van der Waals surface area contributed by atoms with Gasteiger partial charge in [-0.25, -0.2) is 9.78 Å². The van der Waals surface area contributed by atoms with Crippen LogP contribution in [0.4, 0.5) is 0 Å². The van der Waals surface area contributed by atoms with Crippen LogP contribution in [0.3, 0.4) is 0 Å². The molecule has 0 spiro atoms. The molecule has 0 saturated carbocycles. The lowest BCUT2D eigenvalue weighted by Gasteiger charge is -2.08. The third-order valence-electron chi connectivity index (χ3n) is 3.24. The molecule has 3 rings (SSSR count). The Hall–Kier alpha value is -2.40. The molecule has 0 bridgehead atoms.